The number of nitrogens with one attached hydrogen (secondary N) is 1. The predicted octanol–water partition coefficient (Wildman–Crippen LogP) is 3.94. The average Bonchev–Trinajstić information content (AvgIpc) is 2.88. The minimum Gasteiger partial charge on any atom is -0.298 e. The lowest BCUT2D eigenvalue weighted by atomic mass is 9.73. The van der Waals surface area contributed by atoms with Crippen molar-refractivity contribution >= 4 is 22.4 Å². The first kappa shape index (κ1) is 15.2. The van der Waals surface area contributed by atoms with Gasteiger partial charge in [0.15, 0.2) is 5.13 Å². The summed E-state index contributed by atoms with van der Waals surface area (Å²) in [5, 5.41) is 3.62. The van der Waals surface area contributed by atoms with Crippen molar-refractivity contribution in [2.75, 3.05) is 5.32 Å². The van der Waals surface area contributed by atoms with E-state index >= 15 is 0 Å². The lowest BCUT2D eigenvalue weighted by Gasteiger charge is -2.33. The van der Waals surface area contributed by atoms with Gasteiger partial charge in [-0.05, 0) is 42.7 Å². The third-order valence-electron chi connectivity index (χ3n) is 4.33. The Hall–Kier alpha value is -1.75. The first-order chi connectivity index (χ1) is 10.4. The van der Waals surface area contributed by atoms with E-state index in [1.165, 1.54) is 11.3 Å². The second-order valence-corrected chi connectivity index (χ2v) is 7.97. The van der Waals surface area contributed by atoms with Gasteiger partial charge in [-0.1, -0.05) is 20.8 Å². The summed E-state index contributed by atoms with van der Waals surface area (Å²) >= 11 is 1.62. The number of hydrogen-bond acceptors (Lipinski definition) is 4. The van der Waals surface area contributed by atoms with Gasteiger partial charge in [0.1, 0.15) is 0 Å². The van der Waals surface area contributed by atoms with Crippen LogP contribution in [-0.2, 0) is 12.8 Å². The third-order valence-corrected chi connectivity index (χ3v) is 5.36. The van der Waals surface area contributed by atoms with Crippen LogP contribution < -0.4 is 5.32 Å². The van der Waals surface area contributed by atoms with Crippen molar-refractivity contribution in [2.45, 2.75) is 40.0 Å². The van der Waals surface area contributed by atoms with Crippen LogP contribution >= 0.6 is 11.3 Å². The van der Waals surface area contributed by atoms with Crippen LogP contribution in [0.15, 0.2) is 24.5 Å². The minimum absolute atomic E-state index is 0.124. The highest BCUT2D eigenvalue weighted by molar-refractivity contribution is 7.15. The molecule has 4 nitrogen and oxygen atoms in total. The van der Waals surface area contributed by atoms with Gasteiger partial charge in [0.25, 0.3) is 5.91 Å². The van der Waals surface area contributed by atoms with Crippen LogP contribution in [-0.4, -0.2) is 15.9 Å². The van der Waals surface area contributed by atoms with Gasteiger partial charge in [-0.15, -0.1) is 11.3 Å². The quantitative estimate of drug-likeness (QED) is 0.913. The second kappa shape index (κ2) is 5.80. The molecule has 116 valence electrons. The Labute approximate surface area is 135 Å². The minimum atomic E-state index is -0.124. The molecule has 3 rings (SSSR count). The molecule has 5 heteroatoms. The largest absolute Gasteiger partial charge is 0.298 e. The molecule has 0 aromatic carbocycles. The Morgan fingerprint density at radius 1 is 1.32 bits per heavy atom. The molecule has 2 aromatic heterocycles. The number of nitrogens with zero attached hydrogens (tertiary/aromatic N) is 2. The zero-order valence-electron chi connectivity index (χ0n) is 13.2. The van der Waals surface area contributed by atoms with E-state index in [0.717, 1.165) is 18.5 Å². The van der Waals surface area contributed by atoms with Crippen molar-refractivity contribution < 1.29 is 4.79 Å². The molecule has 1 atom stereocenters. The molecule has 0 saturated carbocycles. The number of carbonyl (C=O) groups excluding carboxylic acids is 1. The number of aryl methyl sites for hydroxylation is 1. The maximum atomic E-state index is 12.2. The molecule has 1 N–H and O–H groups in total. The number of rotatable bonds is 2. The Kier molecular flexibility index (Phi) is 4.00. The normalized spacial score (nSPS) is 17.9. The fourth-order valence-corrected chi connectivity index (χ4v) is 3.92. The van der Waals surface area contributed by atoms with Gasteiger partial charge < -0.3 is 0 Å². The predicted molar refractivity (Wildman–Crippen MR) is 89.3 cm³/mol. The Bertz CT molecular complexity index is 673. The summed E-state index contributed by atoms with van der Waals surface area (Å²) in [5.41, 5.74) is 2.09. The van der Waals surface area contributed by atoms with Gasteiger partial charge >= 0.3 is 0 Å². The summed E-state index contributed by atoms with van der Waals surface area (Å²) in [6.45, 7) is 6.90. The summed E-state index contributed by atoms with van der Waals surface area (Å²) in [5.74, 6) is 0.560. The molecular weight excluding hydrogens is 294 g/mol. The molecule has 0 aliphatic heterocycles. The standard InChI is InChI=1S/C17H21N3OS/c1-17(2,3)12-4-5-13-14(10-12)22-16(19-13)20-15(21)11-6-8-18-9-7-11/h6-9,12H,4-5,10H2,1-3H3,(H,19,20,21). The summed E-state index contributed by atoms with van der Waals surface area (Å²) in [6.07, 6.45) is 6.50. The van der Waals surface area contributed by atoms with E-state index in [1.807, 2.05) is 0 Å². The van der Waals surface area contributed by atoms with Crippen LogP contribution in [0.25, 0.3) is 0 Å². The highest BCUT2D eigenvalue weighted by atomic mass is 32.1. The second-order valence-electron chi connectivity index (χ2n) is 6.88. The number of aromatic nitrogens is 2. The third kappa shape index (κ3) is 3.19. The topological polar surface area (TPSA) is 54.9 Å². The summed E-state index contributed by atoms with van der Waals surface area (Å²) in [6, 6.07) is 3.41. The number of amides is 1. The van der Waals surface area contributed by atoms with E-state index in [9.17, 15) is 4.79 Å². The Morgan fingerprint density at radius 3 is 2.73 bits per heavy atom. The van der Waals surface area contributed by atoms with Crippen LogP contribution in [0, 0.1) is 11.3 Å². The van der Waals surface area contributed by atoms with Crippen molar-refractivity contribution in [1.82, 2.24) is 9.97 Å². The van der Waals surface area contributed by atoms with Crippen molar-refractivity contribution in [2.24, 2.45) is 11.3 Å². The van der Waals surface area contributed by atoms with Crippen molar-refractivity contribution in [3.05, 3.63) is 40.7 Å². The number of hydrogen-bond donors (Lipinski definition) is 1. The van der Waals surface area contributed by atoms with Crippen LogP contribution in [0.5, 0.6) is 0 Å². The van der Waals surface area contributed by atoms with Crippen molar-refractivity contribution in [3.63, 3.8) is 0 Å². The van der Waals surface area contributed by atoms with Gasteiger partial charge in [0.05, 0.1) is 5.69 Å². The monoisotopic (exact) mass is 315 g/mol. The van der Waals surface area contributed by atoms with E-state index in [1.54, 1.807) is 35.9 Å². The number of anilines is 1. The smallest absolute Gasteiger partial charge is 0.257 e. The highest BCUT2D eigenvalue weighted by Crippen LogP contribution is 2.40. The highest BCUT2D eigenvalue weighted by Gasteiger charge is 2.30. The van der Waals surface area contributed by atoms with Crippen LogP contribution in [0.1, 0.15) is 48.1 Å². The summed E-state index contributed by atoms with van der Waals surface area (Å²) in [4.78, 5) is 22.0. The maximum absolute atomic E-state index is 12.2. The van der Waals surface area contributed by atoms with Crippen molar-refractivity contribution in [3.8, 4) is 0 Å². The first-order valence-electron chi connectivity index (χ1n) is 7.63. The maximum Gasteiger partial charge on any atom is 0.257 e. The van der Waals surface area contributed by atoms with Gasteiger partial charge in [-0.25, -0.2) is 4.98 Å². The molecule has 0 bridgehead atoms. The molecule has 1 aliphatic rings. The Morgan fingerprint density at radius 2 is 2.05 bits per heavy atom. The number of pyridine rings is 1. The average molecular weight is 315 g/mol. The van der Waals surface area contributed by atoms with Crippen LogP contribution in [0.4, 0.5) is 5.13 Å². The van der Waals surface area contributed by atoms with Gasteiger partial charge in [0.2, 0.25) is 0 Å². The molecule has 2 heterocycles. The number of fused-ring (bicyclic) bond motifs is 1. The van der Waals surface area contributed by atoms with Crippen LogP contribution in [0.2, 0.25) is 0 Å². The van der Waals surface area contributed by atoms with E-state index in [-0.39, 0.29) is 5.91 Å². The van der Waals surface area contributed by atoms with E-state index in [2.05, 4.69) is 36.1 Å². The molecule has 0 radical (unpaired) electrons. The molecular formula is C17H21N3OS. The molecule has 2 aromatic rings. The fourth-order valence-electron chi connectivity index (χ4n) is 2.84. The lowest BCUT2D eigenvalue weighted by Crippen LogP contribution is -2.26. The van der Waals surface area contributed by atoms with Gasteiger partial charge in [-0.3, -0.25) is 15.1 Å². The van der Waals surface area contributed by atoms with Gasteiger partial charge in [-0.2, -0.15) is 0 Å². The zero-order valence-corrected chi connectivity index (χ0v) is 14.0. The number of thiazole rings is 1. The fraction of sp³-hybridized carbons (Fsp3) is 0.471. The molecule has 0 spiro atoms. The van der Waals surface area contributed by atoms with E-state index in [0.29, 0.717) is 22.0 Å². The first-order valence-corrected chi connectivity index (χ1v) is 8.45. The number of carbonyl (C=O) groups is 1. The molecule has 1 unspecified atom stereocenters. The van der Waals surface area contributed by atoms with E-state index in [4.69, 9.17) is 0 Å². The summed E-state index contributed by atoms with van der Waals surface area (Å²) < 4.78 is 0. The molecule has 1 aliphatic carbocycles. The summed E-state index contributed by atoms with van der Waals surface area (Å²) in [7, 11) is 0. The molecule has 1 amide bonds. The van der Waals surface area contributed by atoms with Crippen LogP contribution in [0.3, 0.4) is 0 Å². The SMILES string of the molecule is CC(C)(C)C1CCc2nc(NC(=O)c3ccncc3)sc2C1. The molecule has 0 saturated heterocycles. The molecule has 0 fully saturated rings. The lowest BCUT2D eigenvalue weighted by molar-refractivity contribution is 0.102. The van der Waals surface area contributed by atoms with E-state index < -0.39 is 0 Å². The van der Waals surface area contributed by atoms with Gasteiger partial charge in [0, 0.05) is 22.8 Å². The molecule has 22 heavy (non-hydrogen) atoms. The Balaban J connectivity index is 1.73. The zero-order chi connectivity index (χ0) is 15.7. The van der Waals surface area contributed by atoms with Crippen molar-refractivity contribution in [1.29, 1.82) is 0 Å².